The highest BCUT2D eigenvalue weighted by atomic mass is 32.2. The first-order valence-electron chi connectivity index (χ1n) is 5.27. The van der Waals surface area contributed by atoms with E-state index in [9.17, 15) is 9.00 Å². The average Bonchev–Trinajstić information content (AvgIpc) is 2.33. The van der Waals surface area contributed by atoms with Gasteiger partial charge in [-0.3, -0.25) is 9.00 Å². The number of benzene rings is 1. The maximum atomic E-state index is 12.3. The fourth-order valence-electron chi connectivity index (χ4n) is 1.74. The van der Waals surface area contributed by atoms with Crippen LogP contribution in [-0.4, -0.2) is 25.6 Å². The molecule has 1 saturated heterocycles. The van der Waals surface area contributed by atoms with Crippen LogP contribution in [0.25, 0.3) is 0 Å². The van der Waals surface area contributed by atoms with E-state index in [1.807, 2.05) is 25.1 Å². The van der Waals surface area contributed by atoms with Crippen molar-refractivity contribution in [3.05, 3.63) is 35.9 Å². The predicted octanol–water partition coefficient (Wildman–Crippen LogP) is 2.47. The fraction of sp³-hybridized carbons (Fsp3) is 0.417. The number of carbonyl (C=O) groups excluding carboxylic acids is 1. The van der Waals surface area contributed by atoms with Crippen LogP contribution >= 0.6 is 11.8 Å². The lowest BCUT2D eigenvalue weighted by Gasteiger charge is -2.30. The maximum absolute atomic E-state index is 12.3. The van der Waals surface area contributed by atoms with Crippen LogP contribution in [-0.2, 0) is 10.8 Å². The van der Waals surface area contributed by atoms with Crippen LogP contribution in [0.15, 0.2) is 30.3 Å². The molecule has 1 heterocycles. The van der Waals surface area contributed by atoms with Crippen LogP contribution in [0.4, 0.5) is 0 Å². The lowest BCUT2D eigenvalue weighted by molar-refractivity contribution is 0.0982. The van der Waals surface area contributed by atoms with Crippen LogP contribution in [0.5, 0.6) is 0 Å². The molecule has 0 aromatic heterocycles. The predicted molar refractivity (Wildman–Crippen MR) is 69.3 cm³/mol. The monoisotopic (exact) mass is 254 g/mol. The Kier molecular flexibility index (Phi) is 3.50. The van der Waals surface area contributed by atoms with E-state index in [0.29, 0.717) is 11.3 Å². The third-order valence-electron chi connectivity index (χ3n) is 2.73. The minimum Gasteiger partial charge on any atom is -0.292 e. The second-order valence-electron chi connectivity index (χ2n) is 3.89. The van der Waals surface area contributed by atoms with Gasteiger partial charge in [0.2, 0.25) is 0 Å². The van der Waals surface area contributed by atoms with Crippen molar-refractivity contribution in [1.29, 1.82) is 0 Å². The minimum atomic E-state index is -1.06. The van der Waals surface area contributed by atoms with Crippen molar-refractivity contribution in [1.82, 2.24) is 0 Å². The lowest BCUT2D eigenvalue weighted by atomic mass is 10.1. The Morgan fingerprint density at radius 3 is 2.69 bits per heavy atom. The topological polar surface area (TPSA) is 34.1 Å². The first-order valence-corrected chi connectivity index (χ1v) is 7.57. The molecule has 0 aliphatic carbocycles. The van der Waals surface area contributed by atoms with Crippen molar-refractivity contribution in [2.45, 2.75) is 17.4 Å². The molecule has 4 heteroatoms. The zero-order valence-electron chi connectivity index (χ0n) is 9.14. The molecular formula is C12H14O2S2. The number of ketones is 1. The molecule has 1 aliphatic heterocycles. The van der Waals surface area contributed by atoms with E-state index >= 15 is 0 Å². The molecule has 16 heavy (non-hydrogen) atoms. The molecule has 2 nitrogen and oxygen atoms in total. The van der Waals surface area contributed by atoms with Gasteiger partial charge >= 0.3 is 0 Å². The molecule has 0 unspecified atom stereocenters. The zero-order chi connectivity index (χ0) is 11.6. The first kappa shape index (κ1) is 11.9. The van der Waals surface area contributed by atoms with E-state index in [-0.39, 0.29) is 5.78 Å². The van der Waals surface area contributed by atoms with Gasteiger partial charge in [0.1, 0.15) is 0 Å². The van der Waals surface area contributed by atoms with Gasteiger partial charge < -0.3 is 0 Å². The smallest absolute Gasteiger partial charge is 0.191 e. The van der Waals surface area contributed by atoms with Crippen LogP contribution < -0.4 is 0 Å². The third-order valence-corrected chi connectivity index (χ3v) is 6.59. The maximum Gasteiger partial charge on any atom is 0.191 e. The van der Waals surface area contributed by atoms with Gasteiger partial charge in [-0.1, -0.05) is 30.3 Å². The Morgan fingerprint density at radius 1 is 1.38 bits per heavy atom. The number of carbonyl (C=O) groups is 1. The Labute approximate surface area is 102 Å². The van der Waals surface area contributed by atoms with Crippen molar-refractivity contribution >= 4 is 28.3 Å². The SMILES string of the molecule is C[C@@]1(C(=O)c2ccccc2)SCCC[S@]1=O. The summed E-state index contributed by atoms with van der Waals surface area (Å²) in [6.45, 7) is 1.81. The molecule has 0 saturated carbocycles. The number of Topliss-reactive ketones (excluding diaryl/α,β-unsaturated/α-hetero) is 1. The summed E-state index contributed by atoms with van der Waals surface area (Å²) in [5.41, 5.74) is 0.660. The van der Waals surface area contributed by atoms with Crippen LogP contribution in [0.1, 0.15) is 23.7 Å². The highest BCUT2D eigenvalue weighted by Gasteiger charge is 2.42. The van der Waals surface area contributed by atoms with Gasteiger partial charge in [0.15, 0.2) is 9.86 Å². The highest BCUT2D eigenvalue weighted by molar-refractivity contribution is 8.14. The molecule has 1 fully saturated rings. The van der Waals surface area contributed by atoms with Gasteiger partial charge in [-0.15, -0.1) is 11.8 Å². The second-order valence-corrected chi connectivity index (χ2v) is 7.58. The Bertz CT molecular complexity index is 416. The number of thioether (sulfide) groups is 1. The van der Waals surface area contributed by atoms with Crippen LogP contribution in [0.2, 0.25) is 0 Å². The molecule has 0 radical (unpaired) electrons. The van der Waals surface area contributed by atoms with E-state index in [1.54, 1.807) is 12.1 Å². The summed E-state index contributed by atoms with van der Waals surface area (Å²) in [5.74, 6) is 1.55. The van der Waals surface area contributed by atoms with E-state index in [0.717, 1.165) is 12.2 Å². The fourth-order valence-corrected chi connectivity index (χ4v) is 4.99. The lowest BCUT2D eigenvalue weighted by Crippen LogP contribution is -2.41. The van der Waals surface area contributed by atoms with Crippen LogP contribution in [0, 0.1) is 0 Å². The average molecular weight is 254 g/mol. The quantitative estimate of drug-likeness (QED) is 0.760. The van der Waals surface area contributed by atoms with Crippen LogP contribution in [0.3, 0.4) is 0 Å². The number of hydrogen-bond acceptors (Lipinski definition) is 3. The Balaban J connectivity index is 2.30. The third kappa shape index (κ3) is 2.09. The van der Waals surface area contributed by atoms with Gasteiger partial charge in [0.05, 0.1) is 0 Å². The summed E-state index contributed by atoms with van der Waals surface area (Å²) in [5, 5.41) is 0. The normalized spacial score (nSPS) is 29.9. The summed E-state index contributed by atoms with van der Waals surface area (Å²) >= 11 is 1.53. The molecule has 0 amide bonds. The first-order chi connectivity index (χ1) is 7.64. The summed E-state index contributed by atoms with van der Waals surface area (Å²) in [6.07, 6.45) is 0.939. The molecule has 2 rings (SSSR count). The minimum absolute atomic E-state index is 0.00358. The standard InChI is InChI=1S/C12H14O2S2/c1-12(15-8-5-9-16(12)14)11(13)10-6-3-2-4-7-10/h2-4,6-7H,5,8-9H2,1H3/t12-,16-/m1/s1. The molecule has 86 valence electrons. The molecule has 1 aromatic carbocycles. The molecule has 1 aromatic rings. The van der Waals surface area contributed by atoms with E-state index in [2.05, 4.69) is 0 Å². The zero-order valence-corrected chi connectivity index (χ0v) is 10.8. The molecule has 0 bridgehead atoms. The molecule has 1 aliphatic rings. The van der Waals surface area contributed by atoms with E-state index < -0.39 is 14.9 Å². The Hall–Kier alpha value is -0.610. The summed E-state index contributed by atoms with van der Waals surface area (Å²) < 4.78 is 11.2. The van der Waals surface area contributed by atoms with Crippen molar-refractivity contribution in [2.24, 2.45) is 0 Å². The summed E-state index contributed by atoms with van der Waals surface area (Å²) in [7, 11) is -1.06. The Morgan fingerprint density at radius 2 is 2.06 bits per heavy atom. The van der Waals surface area contributed by atoms with Crippen molar-refractivity contribution in [3.8, 4) is 0 Å². The highest BCUT2D eigenvalue weighted by Crippen LogP contribution is 2.37. The van der Waals surface area contributed by atoms with E-state index in [1.165, 1.54) is 11.8 Å². The molecular weight excluding hydrogens is 240 g/mol. The summed E-state index contributed by atoms with van der Waals surface area (Å²) in [6, 6.07) is 9.14. The molecule has 2 atom stereocenters. The van der Waals surface area contributed by atoms with Crippen molar-refractivity contribution in [2.75, 3.05) is 11.5 Å². The van der Waals surface area contributed by atoms with Crippen molar-refractivity contribution in [3.63, 3.8) is 0 Å². The number of hydrogen-bond donors (Lipinski definition) is 0. The second kappa shape index (κ2) is 4.72. The number of rotatable bonds is 2. The van der Waals surface area contributed by atoms with Gasteiger partial charge in [0.25, 0.3) is 0 Å². The van der Waals surface area contributed by atoms with Gasteiger partial charge in [-0.2, -0.15) is 0 Å². The largest absolute Gasteiger partial charge is 0.292 e. The van der Waals surface area contributed by atoms with Crippen molar-refractivity contribution < 1.29 is 9.00 Å². The van der Waals surface area contributed by atoms with Gasteiger partial charge in [-0.25, -0.2) is 0 Å². The van der Waals surface area contributed by atoms with Gasteiger partial charge in [0, 0.05) is 22.1 Å². The summed E-state index contributed by atoms with van der Waals surface area (Å²) in [4.78, 5) is 12.3. The molecule has 0 N–H and O–H groups in total. The van der Waals surface area contributed by atoms with Gasteiger partial charge in [-0.05, 0) is 19.1 Å². The molecule has 0 spiro atoms. The van der Waals surface area contributed by atoms with E-state index in [4.69, 9.17) is 0 Å².